The molecular weight excluding hydrogens is 410 g/mol. The van der Waals surface area contributed by atoms with Crippen molar-refractivity contribution in [3.63, 3.8) is 0 Å². The van der Waals surface area contributed by atoms with Crippen LogP contribution in [-0.4, -0.2) is 49.1 Å². The molecule has 0 spiro atoms. The normalized spacial score (nSPS) is 18.9. The van der Waals surface area contributed by atoms with E-state index in [2.05, 4.69) is 24.1 Å². The van der Waals surface area contributed by atoms with Gasteiger partial charge in [-0.05, 0) is 44.2 Å². The van der Waals surface area contributed by atoms with Crippen LogP contribution in [0.4, 0.5) is 16.2 Å². The topological polar surface area (TPSA) is 61.9 Å². The Balaban J connectivity index is 1.58. The molecule has 154 valence electrons. The average molecular weight is 434 g/mol. The highest BCUT2D eigenvalue weighted by molar-refractivity contribution is 7.81. The molecule has 0 unspecified atom stereocenters. The lowest BCUT2D eigenvalue weighted by molar-refractivity contribution is -0.117. The first-order valence-corrected chi connectivity index (χ1v) is 10.4. The van der Waals surface area contributed by atoms with Crippen molar-refractivity contribution in [3.05, 3.63) is 47.0 Å². The smallest absolute Gasteiger partial charge is 0.414 e. The number of carbonyl (C=O) groups excluding carboxylic acids is 2. The fraction of sp³-hybridized carbons (Fsp3) is 0.381. The van der Waals surface area contributed by atoms with E-state index in [4.69, 9.17) is 28.6 Å². The molecule has 1 aromatic rings. The number of hydrogen-bond acceptors (Lipinski definition) is 5. The van der Waals surface area contributed by atoms with E-state index in [0.29, 0.717) is 28.4 Å². The van der Waals surface area contributed by atoms with Crippen molar-refractivity contribution in [1.82, 2.24) is 5.32 Å². The molecule has 1 fully saturated rings. The molecule has 0 saturated carbocycles. The summed E-state index contributed by atoms with van der Waals surface area (Å²) in [5.41, 5.74) is 2.27. The van der Waals surface area contributed by atoms with Crippen LogP contribution < -0.4 is 15.1 Å². The molecule has 1 aromatic carbocycles. The van der Waals surface area contributed by atoms with Gasteiger partial charge in [0.05, 0.1) is 18.7 Å². The minimum absolute atomic E-state index is 0.208. The monoisotopic (exact) mass is 433 g/mol. The maximum atomic E-state index is 12.4. The SMILES string of the molecule is CCN(CC)c1ccc(N2C[C@H](CNC(=O)C3=CC(Cl)=CCC3=S)OC2=O)cc1. The van der Waals surface area contributed by atoms with E-state index < -0.39 is 12.2 Å². The standard InChI is InChI=1S/C21H24ClN3O3S/c1-3-24(4-2)15-6-8-16(9-7-15)25-13-17(28-21(25)27)12-23-20(26)18-11-14(22)5-10-19(18)29/h5-9,11,17H,3-4,10,12-13H2,1-2H3,(H,23,26)/t17-/m0/s1. The van der Waals surface area contributed by atoms with Gasteiger partial charge in [-0.3, -0.25) is 9.69 Å². The fourth-order valence-corrected chi connectivity index (χ4v) is 3.76. The third-order valence-corrected chi connectivity index (χ3v) is 5.61. The summed E-state index contributed by atoms with van der Waals surface area (Å²) in [5, 5.41) is 3.28. The van der Waals surface area contributed by atoms with Crippen molar-refractivity contribution in [2.75, 3.05) is 36.0 Å². The van der Waals surface area contributed by atoms with Crippen molar-refractivity contribution in [2.45, 2.75) is 26.4 Å². The van der Waals surface area contributed by atoms with Gasteiger partial charge in [0.15, 0.2) is 0 Å². The molecule has 0 aromatic heterocycles. The van der Waals surface area contributed by atoms with E-state index in [1.807, 2.05) is 24.3 Å². The summed E-state index contributed by atoms with van der Waals surface area (Å²) >= 11 is 11.2. The van der Waals surface area contributed by atoms with Gasteiger partial charge >= 0.3 is 6.09 Å². The maximum absolute atomic E-state index is 12.4. The zero-order chi connectivity index (χ0) is 21.0. The maximum Gasteiger partial charge on any atom is 0.414 e. The number of cyclic esters (lactones) is 1. The van der Waals surface area contributed by atoms with Gasteiger partial charge in [-0.25, -0.2) is 4.79 Å². The van der Waals surface area contributed by atoms with E-state index in [0.717, 1.165) is 24.5 Å². The van der Waals surface area contributed by atoms with Crippen LogP contribution in [0.25, 0.3) is 0 Å². The van der Waals surface area contributed by atoms with Gasteiger partial charge in [-0.1, -0.05) is 29.9 Å². The number of carbonyl (C=O) groups is 2. The van der Waals surface area contributed by atoms with Crippen LogP contribution >= 0.6 is 23.8 Å². The largest absolute Gasteiger partial charge is 0.442 e. The number of benzene rings is 1. The van der Waals surface area contributed by atoms with Gasteiger partial charge in [-0.2, -0.15) is 0 Å². The van der Waals surface area contributed by atoms with Crippen LogP contribution in [0.3, 0.4) is 0 Å². The molecule has 29 heavy (non-hydrogen) atoms. The molecule has 1 saturated heterocycles. The Morgan fingerprint density at radius 1 is 1.31 bits per heavy atom. The molecule has 1 N–H and O–H groups in total. The van der Waals surface area contributed by atoms with Crippen LogP contribution in [0.5, 0.6) is 0 Å². The summed E-state index contributed by atoms with van der Waals surface area (Å²) < 4.78 is 5.41. The molecule has 0 bridgehead atoms. The zero-order valence-electron chi connectivity index (χ0n) is 16.5. The Morgan fingerprint density at radius 3 is 2.66 bits per heavy atom. The second-order valence-corrected chi connectivity index (χ2v) is 7.72. The molecular formula is C21H24ClN3O3S. The van der Waals surface area contributed by atoms with E-state index in [-0.39, 0.29) is 12.5 Å². The summed E-state index contributed by atoms with van der Waals surface area (Å²) in [6.07, 6.45) is 2.95. The number of allylic oxidation sites excluding steroid dienone is 3. The second kappa shape index (κ2) is 9.41. The number of nitrogens with zero attached hydrogens (tertiary/aromatic N) is 2. The van der Waals surface area contributed by atoms with Crippen LogP contribution in [0.15, 0.2) is 47.0 Å². The summed E-state index contributed by atoms with van der Waals surface area (Å²) in [4.78, 5) is 29.0. The van der Waals surface area contributed by atoms with Crippen molar-refractivity contribution in [1.29, 1.82) is 0 Å². The Kier molecular flexibility index (Phi) is 6.92. The van der Waals surface area contributed by atoms with E-state index in [9.17, 15) is 9.59 Å². The van der Waals surface area contributed by atoms with Crippen molar-refractivity contribution >= 4 is 52.1 Å². The van der Waals surface area contributed by atoms with Gasteiger partial charge in [0.25, 0.3) is 5.91 Å². The molecule has 2 amide bonds. The predicted octanol–water partition coefficient (Wildman–Crippen LogP) is 3.80. The van der Waals surface area contributed by atoms with Crippen LogP contribution in [0.1, 0.15) is 20.3 Å². The van der Waals surface area contributed by atoms with Crippen LogP contribution in [0.2, 0.25) is 0 Å². The second-order valence-electron chi connectivity index (χ2n) is 6.79. The van der Waals surface area contributed by atoms with Gasteiger partial charge in [0.1, 0.15) is 6.10 Å². The highest BCUT2D eigenvalue weighted by atomic mass is 35.5. The number of hydrogen-bond donors (Lipinski definition) is 1. The molecule has 1 heterocycles. The summed E-state index contributed by atoms with van der Waals surface area (Å²) in [5.74, 6) is -0.306. The van der Waals surface area contributed by atoms with Crippen molar-refractivity contribution in [2.24, 2.45) is 0 Å². The Morgan fingerprint density at radius 2 is 2.00 bits per heavy atom. The minimum Gasteiger partial charge on any atom is -0.442 e. The number of thiocarbonyl (C=S) groups is 1. The number of ether oxygens (including phenoxy) is 1. The number of anilines is 2. The number of rotatable bonds is 7. The first-order chi connectivity index (χ1) is 13.9. The lowest BCUT2D eigenvalue weighted by Crippen LogP contribution is -2.36. The van der Waals surface area contributed by atoms with Gasteiger partial charge < -0.3 is 15.0 Å². The summed E-state index contributed by atoms with van der Waals surface area (Å²) in [6, 6.07) is 7.82. The molecule has 1 aliphatic carbocycles. The zero-order valence-corrected chi connectivity index (χ0v) is 18.1. The van der Waals surface area contributed by atoms with Crippen molar-refractivity contribution < 1.29 is 14.3 Å². The number of nitrogens with one attached hydrogen (secondary N) is 1. The first kappa shape index (κ1) is 21.3. The third kappa shape index (κ3) is 4.97. The summed E-state index contributed by atoms with van der Waals surface area (Å²) in [6.45, 7) is 6.63. The van der Waals surface area contributed by atoms with Crippen LogP contribution in [-0.2, 0) is 9.53 Å². The Bertz CT molecular complexity index is 862. The van der Waals surface area contributed by atoms with Gasteiger partial charge in [0, 0.05) is 40.8 Å². The lowest BCUT2D eigenvalue weighted by atomic mass is 10.0. The summed E-state index contributed by atoms with van der Waals surface area (Å²) in [7, 11) is 0. The van der Waals surface area contributed by atoms with E-state index in [1.54, 1.807) is 17.1 Å². The van der Waals surface area contributed by atoms with E-state index in [1.165, 1.54) is 0 Å². The molecule has 1 aliphatic heterocycles. The van der Waals surface area contributed by atoms with E-state index >= 15 is 0 Å². The molecule has 2 aliphatic rings. The quantitative estimate of drug-likeness (QED) is 0.663. The molecule has 0 radical (unpaired) electrons. The van der Waals surface area contributed by atoms with Crippen molar-refractivity contribution in [3.8, 4) is 0 Å². The van der Waals surface area contributed by atoms with Gasteiger partial charge in [0.2, 0.25) is 0 Å². The van der Waals surface area contributed by atoms with Gasteiger partial charge in [-0.15, -0.1) is 0 Å². The lowest BCUT2D eigenvalue weighted by Gasteiger charge is -2.22. The predicted molar refractivity (Wildman–Crippen MR) is 120 cm³/mol. The highest BCUT2D eigenvalue weighted by Crippen LogP contribution is 2.25. The molecule has 6 nitrogen and oxygen atoms in total. The Hall–Kier alpha value is -2.38. The highest BCUT2D eigenvalue weighted by Gasteiger charge is 2.33. The fourth-order valence-electron chi connectivity index (χ4n) is 3.34. The molecule has 8 heteroatoms. The third-order valence-electron chi connectivity index (χ3n) is 4.96. The van der Waals surface area contributed by atoms with Crippen LogP contribution in [0, 0.1) is 0 Å². The Labute approximate surface area is 181 Å². The molecule has 3 rings (SSSR count). The number of amides is 2. The first-order valence-electron chi connectivity index (χ1n) is 9.64. The number of halogens is 1. The average Bonchev–Trinajstić information content (AvgIpc) is 3.10. The minimum atomic E-state index is -0.433. The molecule has 1 atom stereocenters.